The molecule has 1 aromatic rings. The third-order valence-electron chi connectivity index (χ3n) is 3.09. The standard InChI is InChI=1S/C11H20N4/c12-5-3-11-8-14-9-15(11)10-2-1-6-13-7-4-10/h8-10,13H,1-7,12H2. The van der Waals surface area contributed by atoms with Crippen molar-refractivity contribution in [2.75, 3.05) is 19.6 Å². The van der Waals surface area contributed by atoms with Gasteiger partial charge in [0, 0.05) is 24.4 Å². The van der Waals surface area contributed by atoms with Gasteiger partial charge in [0.1, 0.15) is 0 Å². The lowest BCUT2D eigenvalue weighted by atomic mass is 10.1. The smallest absolute Gasteiger partial charge is 0.0950 e. The molecule has 0 amide bonds. The second-order valence-corrected chi connectivity index (χ2v) is 4.17. The summed E-state index contributed by atoms with van der Waals surface area (Å²) in [6, 6.07) is 0.615. The lowest BCUT2D eigenvalue weighted by Crippen LogP contribution is -2.16. The van der Waals surface area contributed by atoms with Crippen molar-refractivity contribution in [3.05, 3.63) is 18.2 Å². The van der Waals surface area contributed by atoms with E-state index >= 15 is 0 Å². The van der Waals surface area contributed by atoms with E-state index in [-0.39, 0.29) is 0 Å². The van der Waals surface area contributed by atoms with Gasteiger partial charge >= 0.3 is 0 Å². The zero-order chi connectivity index (χ0) is 10.5. The first kappa shape index (κ1) is 10.6. The van der Waals surface area contributed by atoms with Gasteiger partial charge in [0.25, 0.3) is 0 Å². The van der Waals surface area contributed by atoms with Crippen molar-refractivity contribution in [3.63, 3.8) is 0 Å². The van der Waals surface area contributed by atoms with Crippen molar-refractivity contribution in [2.45, 2.75) is 31.7 Å². The highest BCUT2D eigenvalue weighted by molar-refractivity contribution is 5.01. The average molecular weight is 208 g/mol. The highest BCUT2D eigenvalue weighted by Gasteiger charge is 2.15. The first-order valence-electron chi connectivity index (χ1n) is 5.83. The zero-order valence-electron chi connectivity index (χ0n) is 9.15. The van der Waals surface area contributed by atoms with Crippen molar-refractivity contribution >= 4 is 0 Å². The maximum absolute atomic E-state index is 5.60. The Balaban J connectivity index is 2.08. The molecular weight excluding hydrogens is 188 g/mol. The summed E-state index contributed by atoms with van der Waals surface area (Å²) in [5, 5.41) is 3.43. The van der Waals surface area contributed by atoms with E-state index in [9.17, 15) is 0 Å². The second-order valence-electron chi connectivity index (χ2n) is 4.17. The van der Waals surface area contributed by atoms with Crippen LogP contribution < -0.4 is 11.1 Å². The van der Waals surface area contributed by atoms with Crippen LogP contribution in [-0.2, 0) is 6.42 Å². The lowest BCUT2D eigenvalue weighted by molar-refractivity contribution is 0.441. The summed E-state index contributed by atoms with van der Waals surface area (Å²) in [5.41, 5.74) is 6.88. The topological polar surface area (TPSA) is 55.9 Å². The monoisotopic (exact) mass is 208 g/mol. The third kappa shape index (κ3) is 2.58. The van der Waals surface area contributed by atoms with Gasteiger partial charge in [0.15, 0.2) is 0 Å². The Morgan fingerprint density at radius 1 is 1.47 bits per heavy atom. The largest absolute Gasteiger partial charge is 0.331 e. The molecule has 4 heteroatoms. The van der Waals surface area contributed by atoms with Crippen LogP contribution in [0, 0.1) is 0 Å². The molecule has 0 radical (unpaired) electrons. The first-order valence-corrected chi connectivity index (χ1v) is 5.83. The number of imidazole rings is 1. The molecule has 2 heterocycles. The van der Waals surface area contributed by atoms with Gasteiger partial charge in [-0.1, -0.05) is 0 Å². The molecule has 1 atom stereocenters. The van der Waals surface area contributed by atoms with Gasteiger partial charge in [-0.15, -0.1) is 0 Å². The van der Waals surface area contributed by atoms with E-state index in [1.54, 1.807) is 0 Å². The molecule has 15 heavy (non-hydrogen) atoms. The maximum atomic E-state index is 5.60. The van der Waals surface area contributed by atoms with Gasteiger partial charge in [0.2, 0.25) is 0 Å². The zero-order valence-corrected chi connectivity index (χ0v) is 9.15. The summed E-state index contributed by atoms with van der Waals surface area (Å²) in [7, 11) is 0. The minimum Gasteiger partial charge on any atom is -0.331 e. The highest BCUT2D eigenvalue weighted by Crippen LogP contribution is 2.21. The van der Waals surface area contributed by atoms with E-state index in [1.807, 2.05) is 12.5 Å². The Labute approximate surface area is 90.9 Å². The molecule has 1 aliphatic rings. The normalized spacial score (nSPS) is 22.6. The summed E-state index contributed by atoms with van der Waals surface area (Å²) in [6.07, 6.45) is 8.55. The fraction of sp³-hybridized carbons (Fsp3) is 0.727. The molecule has 1 fully saturated rings. The van der Waals surface area contributed by atoms with Gasteiger partial charge in [-0.3, -0.25) is 0 Å². The maximum Gasteiger partial charge on any atom is 0.0950 e. The number of aromatic nitrogens is 2. The molecule has 3 N–H and O–H groups in total. The fourth-order valence-corrected chi connectivity index (χ4v) is 2.28. The molecule has 1 saturated heterocycles. The molecule has 2 rings (SSSR count). The van der Waals surface area contributed by atoms with Crippen LogP contribution in [-0.4, -0.2) is 29.2 Å². The van der Waals surface area contributed by atoms with E-state index in [0.717, 1.165) is 19.5 Å². The lowest BCUT2D eigenvalue weighted by Gasteiger charge is -2.18. The van der Waals surface area contributed by atoms with Crippen LogP contribution in [0.5, 0.6) is 0 Å². The molecule has 84 valence electrons. The Morgan fingerprint density at radius 3 is 3.27 bits per heavy atom. The number of rotatable bonds is 3. The summed E-state index contributed by atoms with van der Waals surface area (Å²) in [4.78, 5) is 4.23. The molecule has 0 aromatic carbocycles. The number of hydrogen-bond donors (Lipinski definition) is 2. The van der Waals surface area contributed by atoms with Gasteiger partial charge < -0.3 is 15.6 Å². The second kappa shape index (κ2) is 5.28. The molecular formula is C11H20N4. The Hall–Kier alpha value is -0.870. The van der Waals surface area contributed by atoms with Crippen LogP contribution in [0.4, 0.5) is 0 Å². The van der Waals surface area contributed by atoms with Crippen LogP contribution in [0.2, 0.25) is 0 Å². The van der Waals surface area contributed by atoms with Crippen LogP contribution >= 0.6 is 0 Å². The summed E-state index contributed by atoms with van der Waals surface area (Å²) < 4.78 is 2.32. The fourth-order valence-electron chi connectivity index (χ4n) is 2.28. The van der Waals surface area contributed by atoms with Crippen LogP contribution in [0.15, 0.2) is 12.5 Å². The number of nitrogens with two attached hydrogens (primary N) is 1. The Morgan fingerprint density at radius 2 is 2.40 bits per heavy atom. The van der Waals surface area contributed by atoms with Crippen molar-refractivity contribution < 1.29 is 0 Å². The summed E-state index contributed by atoms with van der Waals surface area (Å²) in [6.45, 7) is 2.97. The number of hydrogen-bond acceptors (Lipinski definition) is 3. The highest BCUT2D eigenvalue weighted by atomic mass is 15.1. The third-order valence-corrected chi connectivity index (χ3v) is 3.09. The van der Waals surface area contributed by atoms with Gasteiger partial charge in [-0.05, 0) is 38.9 Å². The minimum absolute atomic E-state index is 0.615. The van der Waals surface area contributed by atoms with Crippen molar-refractivity contribution in [3.8, 4) is 0 Å². The molecule has 4 nitrogen and oxygen atoms in total. The molecule has 0 aliphatic carbocycles. The predicted octanol–water partition coefficient (Wildman–Crippen LogP) is 0.699. The van der Waals surface area contributed by atoms with E-state index in [0.29, 0.717) is 12.6 Å². The van der Waals surface area contributed by atoms with Crippen LogP contribution in [0.3, 0.4) is 0 Å². The Kier molecular flexibility index (Phi) is 3.75. The van der Waals surface area contributed by atoms with Crippen molar-refractivity contribution in [2.24, 2.45) is 5.73 Å². The summed E-state index contributed by atoms with van der Waals surface area (Å²) >= 11 is 0. The molecule has 1 aliphatic heterocycles. The molecule has 0 saturated carbocycles. The number of nitrogens with zero attached hydrogens (tertiary/aromatic N) is 2. The Bertz CT molecular complexity index is 287. The number of nitrogens with one attached hydrogen (secondary N) is 1. The van der Waals surface area contributed by atoms with Gasteiger partial charge in [-0.2, -0.15) is 0 Å². The molecule has 1 aromatic heterocycles. The molecule has 1 unspecified atom stereocenters. The predicted molar refractivity (Wildman–Crippen MR) is 60.7 cm³/mol. The van der Waals surface area contributed by atoms with Crippen molar-refractivity contribution in [1.29, 1.82) is 0 Å². The first-order chi connectivity index (χ1) is 7.42. The SMILES string of the molecule is NCCc1cncn1C1CCCNCC1. The minimum atomic E-state index is 0.615. The van der Waals surface area contributed by atoms with E-state index in [4.69, 9.17) is 5.73 Å². The van der Waals surface area contributed by atoms with E-state index < -0.39 is 0 Å². The van der Waals surface area contributed by atoms with Crippen molar-refractivity contribution in [1.82, 2.24) is 14.9 Å². The van der Waals surface area contributed by atoms with E-state index in [2.05, 4.69) is 14.9 Å². The average Bonchev–Trinajstić information content (AvgIpc) is 2.53. The summed E-state index contributed by atoms with van der Waals surface area (Å²) in [5.74, 6) is 0. The van der Waals surface area contributed by atoms with E-state index in [1.165, 1.54) is 25.0 Å². The van der Waals surface area contributed by atoms with Crippen LogP contribution in [0.1, 0.15) is 31.0 Å². The van der Waals surface area contributed by atoms with Crippen LogP contribution in [0.25, 0.3) is 0 Å². The molecule has 0 spiro atoms. The molecule has 0 bridgehead atoms. The van der Waals surface area contributed by atoms with Gasteiger partial charge in [0.05, 0.1) is 6.33 Å². The quantitative estimate of drug-likeness (QED) is 0.768. The van der Waals surface area contributed by atoms with Gasteiger partial charge in [-0.25, -0.2) is 4.98 Å².